The first-order chi connectivity index (χ1) is 6.11. The third kappa shape index (κ3) is 3.20. The lowest BCUT2D eigenvalue weighted by molar-refractivity contribution is 0.985. The Balaban J connectivity index is 2.88. The molecule has 0 amide bonds. The molecule has 0 spiro atoms. The zero-order valence-electron chi connectivity index (χ0n) is 8.03. The summed E-state index contributed by atoms with van der Waals surface area (Å²) in [7, 11) is 0. The second kappa shape index (κ2) is 4.43. The Morgan fingerprint density at radius 2 is 2.15 bits per heavy atom. The number of hydrogen-bond donors (Lipinski definition) is 2. The lowest BCUT2D eigenvalue weighted by Gasteiger charge is -2.06. The molecule has 0 bridgehead atoms. The van der Waals surface area contributed by atoms with Crippen LogP contribution in [0.5, 0.6) is 0 Å². The van der Waals surface area contributed by atoms with Gasteiger partial charge in [0.15, 0.2) is 0 Å². The Morgan fingerprint density at radius 3 is 2.69 bits per heavy atom. The van der Waals surface area contributed by atoms with E-state index in [0.29, 0.717) is 11.2 Å². The summed E-state index contributed by atoms with van der Waals surface area (Å²) in [5, 5.41) is 1.47. The monoisotopic (exact) mass is 198 g/mol. The van der Waals surface area contributed by atoms with Gasteiger partial charge in [-0.2, -0.15) is 0 Å². The predicted molar refractivity (Wildman–Crippen MR) is 55.6 cm³/mol. The second-order valence-corrected chi connectivity index (χ2v) is 4.58. The summed E-state index contributed by atoms with van der Waals surface area (Å²) < 4.78 is 0. The summed E-state index contributed by atoms with van der Waals surface area (Å²) in [6.07, 6.45) is 0. The number of nitrogens with two attached hydrogens (primary N) is 1. The van der Waals surface area contributed by atoms with Crippen LogP contribution < -0.4 is 11.3 Å². The van der Waals surface area contributed by atoms with Crippen LogP contribution in [-0.4, -0.2) is 15.2 Å². The number of aryl methyl sites for hydroxylation is 1. The highest BCUT2D eigenvalue weighted by Gasteiger charge is 2.03. The molecule has 0 aromatic carbocycles. The first-order valence-corrected chi connectivity index (χ1v) is 4.98. The fourth-order valence-electron chi connectivity index (χ4n) is 0.906. The van der Waals surface area contributed by atoms with E-state index >= 15 is 0 Å². The molecule has 0 atom stereocenters. The van der Waals surface area contributed by atoms with E-state index in [0.717, 1.165) is 10.7 Å². The third-order valence-electron chi connectivity index (χ3n) is 1.32. The molecule has 0 saturated heterocycles. The quantitative estimate of drug-likeness (QED) is 0.334. The predicted octanol–water partition coefficient (Wildman–Crippen LogP) is 1.57. The first-order valence-electron chi connectivity index (χ1n) is 4.10. The summed E-state index contributed by atoms with van der Waals surface area (Å²) in [6, 6.07) is 1.95. The molecule has 0 saturated carbocycles. The van der Waals surface area contributed by atoms with E-state index in [-0.39, 0.29) is 0 Å². The van der Waals surface area contributed by atoms with E-state index < -0.39 is 0 Å². The average molecular weight is 198 g/mol. The number of hydrogen-bond acceptors (Lipinski definition) is 5. The van der Waals surface area contributed by atoms with Gasteiger partial charge in [0, 0.05) is 10.9 Å². The molecule has 0 aliphatic rings. The maximum Gasteiger partial charge on any atom is 0.238 e. The van der Waals surface area contributed by atoms with Crippen molar-refractivity contribution in [2.75, 3.05) is 5.43 Å². The first kappa shape index (κ1) is 10.3. The van der Waals surface area contributed by atoms with E-state index in [9.17, 15) is 0 Å². The van der Waals surface area contributed by atoms with Gasteiger partial charge in [0.1, 0.15) is 5.03 Å². The Morgan fingerprint density at radius 1 is 1.46 bits per heavy atom. The normalized spacial score (nSPS) is 10.5. The molecule has 0 fully saturated rings. The molecule has 0 unspecified atom stereocenters. The summed E-state index contributed by atoms with van der Waals surface area (Å²) in [4.78, 5) is 8.31. The van der Waals surface area contributed by atoms with Crippen molar-refractivity contribution >= 4 is 17.7 Å². The van der Waals surface area contributed by atoms with Gasteiger partial charge in [-0.1, -0.05) is 13.8 Å². The molecule has 0 aliphatic carbocycles. The maximum absolute atomic E-state index is 5.23. The molecule has 13 heavy (non-hydrogen) atoms. The lowest BCUT2D eigenvalue weighted by Crippen LogP contribution is -2.11. The van der Waals surface area contributed by atoms with Crippen molar-refractivity contribution in [1.82, 2.24) is 9.97 Å². The minimum Gasteiger partial charge on any atom is -0.292 e. The zero-order chi connectivity index (χ0) is 9.84. The van der Waals surface area contributed by atoms with Crippen molar-refractivity contribution in [1.29, 1.82) is 0 Å². The van der Waals surface area contributed by atoms with E-state index in [4.69, 9.17) is 5.84 Å². The molecule has 1 heterocycles. The standard InChI is InChI=1S/C8H14N4S/c1-5(2)13-7-4-6(3)10-8(11-7)12-9/h4-5H,9H2,1-3H3,(H,10,11,12). The van der Waals surface area contributed by atoms with Gasteiger partial charge >= 0.3 is 0 Å². The van der Waals surface area contributed by atoms with Crippen molar-refractivity contribution in [2.24, 2.45) is 5.84 Å². The van der Waals surface area contributed by atoms with Gasteiger partial charge in [-0.3, -0.25) is 5.43 Å². The Kier molecular flexibility index (Phi) is 3.50. The van der Waals surface area contributed by atoms with Crippen LogP contribution in [0.15, 0.2) is 11.1 Å². The van der Waals surface area contributed by atoms with Gasteiger partial charge in [0.25, 0.3) is 0 Å². The number of anilines is 1. The van der Waals surface area contributed by atoms with Crippen LogP contribution in [0.2, 0.25) is 0 Å². The summed E-state index contributed by atoms with van der Waals surface area (Å²) in [5.74, 6) is 5.71. The van der Waals surface area contributed by atoms with Gasteiger partial charge in [-0.25, -0.2) is 15.8 Å². The Hall–Kier alpha value is -0.810. The maximum atomic E-state index is 5.23. The highest BCUT2D eigenvalue weighted by atomic mass is 32.2. The molecule has 0 radical (unpaired) electrons. The van der Waals surface area contributed by atoms with Crippen LogP contribution in [0.4, 0.5) is 5.95 Å². The summed E-state index contributed by atoms with van der Waals surface area (Å²) in [6.45, 7) is 6.17. The van der Waals surface area contributed by atoms with Crippen molar-refractivity contribution < 1.29 is 0 Å². The van der Waals surface area contributed by atoms with Gasteiger partial charge in [0.2, 0.25) is 5.95 Å². The topological polar surface area (TPSA) is 63.8 Å². The molecule has 3 N–H and O–H groups in total. The van der Waals surface area contributed by atoms with E-state index in [2.05, 4.69) is 29.2 Å². The minimum atomic E-state index is 0.475. The van der Waals surface area contributed by atoms with Crippen LogP contribution in [0, 0.1) is 6.92 Å². The van der Waals surface area contributed by atoms with Gasteiger partial charge in [-0.15, -0.1) is 11.8 Å². The van der Waals surface area contributed by atoms with E-state index in [1.54, 1.807) is 11.8 Å². The largest absolute Gasteiger partial charge is 0.292 e. The Labute approximate surface area is 82.3 Å². The van der Waals surface area contributed by atoms with Crippen LogP contribution in [-0.2, 0) is 0 Å². The number of thioether (sulfide) groups is 1. The fourth-order valence-corrected chi connectivity index (χ4v) is 1.77. The number of hydrazine groups is 1. The summed E-state index contributed by atoms with van der Waals surface area (Å²) in [5.41, 5.74) is 3.37. The second-order valence-electron chi connectivity index (χ2n) is 2.98. The van der Waals surface area contributed by atoms with Gasteiger partial charge in [-0.05, 0) is 13.0 Å². The lowest BCUT2D eigenvalue weighted by atomic mass is 10.5. The molecule has 1 aromatic rings. The van der Waals surface area contributed by atoms with Crippen LogP contribution >= 0.6 is 11.8 Å². The molecule has 0 aliphatic heterocycles. The summed E-state index contributed by atoms with van der Waals surface area (Å²) >= 11 is 1.70. The number of rotatable bonds is 3. The Bertz CT molecular complexity index is 287. The molecular weight excluding hydrogens is 184 g/mol. The SMILES string of the molecule is Cc1cc(SC(C)C)nc(NN)n1. The van der Waals surface area contributed by atoms with Crippen LogP contribution in [0.25, 0.3) is 0 Å². The number of nitrogen functional groups attached to an aromatic ring is 1. The smallest absolute Gasteiger partial charge is 0.238 e. The van der Waals surface area contributed by atoms with Crippen molar-refractivity contribution in [3.05, 3.63) is 11.8 Å². The van der Waals surface area contributed by atoms with Crippen molar-refractivity contribution in [3.8, 4) is 0 Å². The number of aromatic nitrogens is 2. The number of nitrogens with zero attached hydrogens (tertiary/aromatic N) is 2. The highest BCUT2D eigenvalue weighted by Crippen LogP contribution is 2.21. The molecule has 1 aromatic heterocycles. The van der Waals surface area contributed by atoms with Crippen molar-refractivity contribution in [3.63, 3.8) is 0 Å². The van der Waals surface area contributed by atoms with E-state index in [1.807, 2.05) is 13.0 Å². The molecule has 5 heteroatoms. The van der Waals surface area contributed by atoms with Gasteiger partial charge in [0.05, 0.1) is 0 Å². The van der Waals surface area contributed by atoms with Crippen molar-refractivity contribution in [2.45, 2.75) is 31.0 Å². The third-order valence-corrected chi connectivity index (χ3v) is 2.24. The minimum absolute atomic E-state index is 0.475. The van der Waals surface area contributed by atoms with E-state index in [1.165, 1.54) is 0 Å². The molecular formula is C8H14N4S. The molecule has 1 rings (SSSR count). The fraction of sp³-hybridized carbons (Fsp3) is 0.500. The molecule has 72 valence electrons. The zero-order valence-corrected chi connectivity index (χ0v) is 8.85. The van der Waals surface area contributed by atoms with Crippen LogP contribution in [0.1, 0.15) is 19.5 Å². The average Bonchev–Trinajstić information content (AvgIpc) is 2.01. The van der Waals surface area contributed by atoms with Gasteiger partial charge < -0.3 is 0 Å². The highest BCUT2D eigenvalue weighted by molar-refractivity contribution is 7.99. The van der Waals surface area contributed by atoms with Crippen LogP contribution in [0.3, 0.4) is 0 Å². The molecule has 4 nitrogen and oxygen atoms in total. The number of nitrogens with one attached hydrogen (secondary N) is 1.